The first kappa shape index (κ1) is 17.6. The molecule has 2 heterocycles. The lowest BCUT2D eigenvalue weighted by Gasteiger charge is -2.34. The predicted octanol–water partition coefficient (Wildman–Crippen LogP) is 2.13. The maximum absolute atomic E-state index is 12.3. The van der Waals surface area contributed by atoms with E-state index in [1.165, 1.54) is 5.56 Å². The van der Waals surface area contributed by atoms with Crippen LogP contribution in [0.25, 0.3) is 0 Å². The lowest BCUT2D eigenvalue weighted by atomic mass is 10.1. The van der Waals surface area contributed by atoms with Crippen molar-refractivity contribution < 1.29 is 9.59 Å². The molecule has 6 heteroatoms. The lowest BCUT2D eigenvalue weighted by molar-refractivity contribution is -0.131. The highest BCUT2D eigenvalue weighted by atomic mass is 32.1. The van der Waals surface area contributed by atoms with Crippen LogP contribution in [0, 0.1) is 6.92 Å². The topological polar surface area (TPSA) is 52.7 Å². The first-order chi connectivity index (χ1) is 12.1. The summed E-state index contributed by atoms with van der Waals surface area (Å²) in [5.41, 5.74) is 2.95. The summed E-state index contributed by atoms with van der Waals surface area (Å²) >= 11 is 1.71. The number of benzene rings is 1. The minimum atomic E-state index is -0.201. The molecule has 0 saturated carbocycles. The third-order valence-corrected chi connectivity index (χ3v) is 5.12. The number of hydrogen-bond acceptors (Lipinski definition) is 4. The van der Waals surface area contributed by atoms with Gasteiger partial charge in [-0.05, 0) is 41.4 Å². The third-order valence-electron chi connectivity index (χ3n) is 4.39. The van der Waals surface area contributed by atoms with Crippen LogP contribution in [-0.2, 0) is 11.3 Å². The Morgan fingerprint density at radius 1 is 1.16 bits per heavy atom. The molecule has 132 valence electrons. The van der Waals surface area contributed by atoms with Gasteiger partial charge in [0.25, 0.3) is 5.91 Å². The molecule has 1 aliphatic rings. The van der Waals surface area contributed by atoms with Gasteiger partial charge >= 0.3 is 0 Å². The molecule has 0 radical (unpaired) electrons. The Balaban J connectivity index is 1.42. The number of nitrogens with one attached hydrogen (secondary N) is 1. The number of carbonyl (C=O) groups excluding carboxylic acids is 2. The van der Waals surface area contributed by atoms with Gasteiger partial charge in [-0.1, -0.05) is 17.7 Å². The van der Waals surface area contributed by atoms with Crippen molar-refractivity contribution >= 4 is 23.2 Å². The van der Waals surface area contributed by atoms with Crippen molar-refractivity contribution in [3.8, 4) is 0 Å². The maximum Gasteiger partial charge on any atom is 0.251 e. The highest BCUT2D eigenvalue weighted by molar-refractivity contribution is 7.07. The molecule has 5 nitrogen and oxygen atoms in total. The molecule has 2 aromatic rings. The number of rotatable bonds is 5. The molecule has 1 aliphatic heterocycles. The van der Waals surface area contributed by atoms with Crippen molar-refractivity contribution in [3.63, 3.8) is 0 Å². The summed E-state index contributed by atoms with van der Waals surface area (Å²) in [5.74, 6) is -0.218. The molecule has 1 saturated heterocycles. The smallest absolute Gasteiger partial charge is 0.251 e. The zero-order valence-corrected chi connectivity index (χ0v) is 15.2. The molecule has 0 unspecified atom stereocenters. The van der Waals surface area contributed by atoms with Crippen LogP contribution < -0.4 is 5.32 Å². The Morgan fingerprint density at radius 3 is 2.64 bits per heavy atom. The Morgan fingerprint density at radius 2 is 1.96 bits per heavy atom. The Bertz CT molecular complexity index is 722. The van der Waals surface area contributed by atoms with E-state index in [2.05, 4.69) is 27.0 Å². The van der Waals surface area contributed by atoms with E-state index in [1.54, 1.807) is 17.4 Å². The molecule has 1 N–H and O–H groups in total. The first-order valence-electron chi connectivity index (χ1n) is 8.48. The normalized spacial score (nSPS) is 15.2. The number of piperazine rings is 1. The fourth-order valence-electron chi connectivity index (χ4n) is 2.95. The summed E-state index contributed by atoms with van der Waals surface area (Å²) in [6.07, 6.45) is 0. The number of hydrogen-bond donors (Lipinski definition) is 1. The van der Waals surface area contributed by atoms with Crippen molar-refractivity contribution in [3.05, 3.63) is 57.8 Å². The standard InChI is InChI=1S/C19H23N3O2S/c1-15-3-2-4-17(11-15)19(24)20-12-18(23)22-8-6-21(7-9-22)13-16-5-10-25-14-16/h2-5,10-11,14H,6-9,12-13H2,1H3,(H,20,24). The van der Waals surface area contributed by atoms with Crippen LogP contribution in [0.2, 0.25) is 0 Å². The van der Waals surface area contributed by atoms with Crippen LogP contribution in [-0.4, -0.2) is 54.3 Å². The van der Waals surface area contributed by atoms with E-state index in [1.807, 2.05) is 30.0 Å². The van der Waals surface area contributed by atoms with Crippen molar-refractivity contribution in [1.29, 1.82) is 0 Å². The second kappa shape index (κ2) is 8.27. The molecular formula is C19H23N3O2S. The summed E-state index contributed by atoms with van der Waals surface area (Å²) in [5, 5.41) is 6.98. The summed E-state index contributed by atoms with van der Waals surface area (Å²) in [7, 11) is 0. The number of amides is 2. The SMILES string of the molecule is Cc1cccc(C(=O)NCC(=O)N2CCN(Cc3ccsc3)CC2)c1. The number of thiophene rings is 1. The van der Waals surface area contributed by atoms with E-state index in [-0.39, 0.29) is 18.4 Å². The van der Waals surface area contributed by atoms with Crippen LogP contribution >= 0.6 is 11.3 Å². The number of carbonyl (C=O) groups is 2. The molecule has 1 aromatic carbocycles. The van der Waals surface area contributed by atoms with Gasteiger partial charge in [0, 0.05) is 38.3 Å². The Kier molecular flexibility index (Phi) is 5.83. The molecule has 0 bridgehead atoms. The molecule has 0 aliphatic carbocycles. The van der Waals surface area contributed by atoms with Gasteiger partial charge in [-0.3, -0.25) is 14.5 Å². The van der Waals surface area contributed by atoms with Crippen LogP contribution in [0.5, 0.6) is 0 Å². The third kappa shape index (κ3) is 4.90. The van der Waals surface area contributed by atoms with Crippen LogP contribution in [0.15, 0.2) is 41.1 Å². The van der Waals surface area contributed by atoms with Crippen LogP contribution in [0.3, 0.4) is 0 Å². The van der Waals surface area contributed by atoms with E-state index >= 15 is 0 Å². The Labute approximate surface area is 152 Å². The second-order valence-electron chi connectivity index (χ2n) is 6.34. The van der Waals surface area contributed by atoms with E-state index in [9.17, 15) is 9.59 Å². The fraction of sp³-hybridized carbons (Fsp3) is 0.368. The molecule has 25 heavy (non-hydrogen) atoms. The summed E-state index contributed by atoms with van der Waals surface area (Å²) in [4.78, 5) is 28.6. The molecule has 1 aromatic heterocycles. The van der Waals surface area contributed by atoms with Gasteiger partial charge in [-0.2, -0.15) is 11.3 Å². The predicted molar refractivity (Wildman–Crippen MR) is 99.7 cm³/mol. The van der Waals surface area contributed by atoms with E-state index < -0.39 is 0 Å². The summed E-state index contributed by atoms with van der Waals surface area (Å²) in [6, 6.07) is 9.51. The quantitative estimate of drug-likeness (QED) is 0.892. The van der Waals surface area contributed by atoms with Crippen LogP contribution in [0.1, 0.15) is 21.5 Å². The average molecular weight is 357 g/mol. The van der Waals surface area contributed by atoms with Gasteiger partial charge in [0.1, 0.15) is 0 Å². The van der Waals surface area contributed by atoms with Gasteiger partial charge in [0.2, 0.25) is 5.91 Å². The largest absolute Gasteiger partial charge is 0.343 e. The highest BCUT2D eigenvalue weighted by Crippen LogP contribution is 2.11. The first-order valence-corrected chi connectivity index (χ1v) is 9.42. The number of aryl methyl sites for hydroxylation is 1. The average Bonchev–Trinajstić information content (AvgIpc) is 3.13. The van der Waals surface area contributed by atoms with Crippen molar-refractivity contribution in [2.75, 3.05) is 32.7 Å². The monoisotopic (exact) mass is 357 g/mol. The van der Waals surface area contributed by atoms with Gasteiger partial charge in [-0.25, -0.2) is 0 Å². The molecule has 0 atom stereocenters. The van der Waals surface area contributed by atoms with Gasteiger partial charge in [-0.15, -0.1) is 0 Å². The van der Waals surface area contributed by atoms with Crippen molar-refractivity contribution in [1.82, 2.24) is 15.1 Å². The molecular weight excluding hydrogens is 334 g/mol. The van der Waals surface area contributed by atoms with Gasteiger partial charge in [0.05, 0.1) is 6.54 Å². The highest BCUT2D eigenvalue weighted by Gasteiger charge is 2.21. The van der Waals surface area contributed by atoms with Crippen molar-refractivity contribution in [2.24, 2.45) is 0 Å². The zero-order chi connectivity index (χ0) is 17.6. The fourth-order valence-corrected chi connectivity index (χ4v) is 3.61. The maximum atomic E-state index is 12.3. The number of nitrogens with zero attached hydrogens (tertiary/aromatic N) is 2. The lowest BCUT2D eigenvalue weighted by Crippen LogP contribution is -2.50. The summed E-state index contributed by atoms with van der Waals surface area (Å²) in [6.45, 7) is 6.10. The van der Waals surface area contributed by atoms with Crippen molar-refractivity contribution in [2.45, 2.75) is 13.5 Å². The van der Waals surface area contributed by atoms with Gasteiger partial charge in [0.15, 0.2) is 0 Å². The minimum absolute atomic E-state index is 0.0174. The molecule has 3 rings (SSSR count). The van der Waals surface area contributed by atoms with Crippen LogP contribution in [0.4, 0.5) is 0 Å². The second-order valence-corrected chi connectivity index (χ2v) is 7.12. The van der Waals surface area contributed by atoms with E-state index in [0.29, 0.717) is 18.7 Å². The van der Waals surface area contributed by atoms with E-state index in [0.717, 1.165) is 25.2 Å². The molecule has 2 amide bonds. The molecule has 1 fully saturated rings. The minimum Gasteiger partial charge on any atom is -0.343 e. The molecule has 0 spiro atoms. The van der Waals surface area contributed by atoms with E-state index in [4.69, 9.17) is 0 Å². The Hall–Kier alpha value is -2.18. The zero-order valence-electron chi connectivity index (χ0n) is 14.4. The summed E-state index contributed by atoms with van der Waals surface area (Å²) < 4.78 is 0. The van der Waals surface area contributed by atoms with Gasteiger partial charge < -0.3 is 10.2 Å².